The molecule has 1 aliphatic heterocycles. The largest absolute Gasteiger partial charge is 0.368 e. The number of aryl methyl sites for hydroxylation is 1. The maximum atomic E-state index is 13.6. The average Bonchev–Trinajstić information content (AvgIpc) is 3.25. The number of carbonyl (C=O) groups excluding carboxylic acids is 1. The number of piperazine rings is 1. The van der Waals surface area contributed by atoms with Crippen molar-refractivity contribution < 1.29 is 9.18 Å². The van der Waals surface area contributed by atoms with Gasteiger partial charge in [-0.25, -0.2) is 9.37 Å². The topological polar surface area (TPSA) is 36.4 Å². The van der Waals surface area contributed by atoms with Gasteiger partial charge in [0.05, 0.1) is 21.7 Å². The summed E-state index contributed by atoms with van der Waals surface area (Å²) in [6.07, 6.45) is 0. The third-order valence-corrected chi connectivity index (χ3v) is 7.01. The highest BCUT2D eigenvalue weighted by molar-refractivity contribution is 7.15. The Kier molecular flexibility index (Phi) is 5.57. The number of hydrogen-bond acceptors (Lipinski definition) is 4. The number of amides is 1. The second-order valence-electron chi connectivity index (χ2n) is 7.88. The molecular weight excluding hydrogens is 445 g/mol. The number of carbonyl (C=O) groups is 1. The van der Waals surface area contributed by atoms with Gasteiger partial charge in [0.25, 0.3) is 5.91 Å². The molecule has 0 aliphatic carbocycles. The van der Waals surface area contributed by atoms with E-state index in [1.54, 1.807) is 29.5 Å². The fourth-order valence-corrected chi connectivity index (χ4v) is 5.06. The van der Waals surface area contributed by atoms with Gasteiger partial charge in [0.2, 0.25) is 0 Å². The number of halogens is 2. The van der Waals surface area contributed by atoms with E-state index in [-0.39, 0.29) is 11.7 Å². The first-order chi connectivity index (χ1) is 15.5. The molecule has 0 saturated carbocycles. The summed E-state index contributed by atoms with van der Waals surface area (Å²) in [5, 5.41) is 1.34. The predicted molar refractivity (Wildman–Crippen MR) is 129 cm³/mol. The minimum absolute atomic E-state index is 0.0204. The first-order valence-electron chi connectivity index (χ1n) is 10.4. The zero-order valence-electron chi connectivity index (χ0n) is 17.5. The fourth-order valence-electron chi connectivity index (χ4n) is 4.06. The molecule has 2 aromatic carbocycles. The molecule has 7 heteroatoms. The van der Waals surface area contributed by atoms with Gasteiger partial charge in [-0.3, -0.25) is 4.79 Å². The van der Waals surface area contributed by atoms with Crippen LogP contribution in [-0.4, -0.2) is 42.0 Å². The molecule has 4 aromatic rings. The Balaban J connectivity index is 1.45. The lowest BCUT2D eigenvalue weighted by atomic mass is 10.0. The van der Waals surface area contributed by atoms with Crippen LogP contribution in [0.25, 0.3) is 21.5 Å². The highest BCUT2D eigenvalue weighted by Gasteiger charge is 2.25. The van der Waals surface area contributed by atoms with Gasteiger partial charge in [-0.15, -0.1) is 11.3 Å². The summed E-state index contributed by atoms with van der Waals surface area (Å²) in [4.78, 5) is 24.7. The van der Waals surface area contributed by atoms with Crippen molar-refractivity contribution in [3.63, 3.8) is 0 Å². The first-order valence-corrected chi connectivity index (χ1v) is 11.6. The molecule has 0 bridgehead atoms. The molecule has 4 nitrogen and oxygen atoms in total. The number of thiophene rings is 1. The van der Waals surface area contributed by atoms with Gasteiger partial charge >= 0.3 is 0 Å². The summed E-state index contributed by atoms with van der Waals surface area (Å²) >= 11 is 7.92. The molecule has 3 heterocycles. The summed E-state index contributed by atoms with van der Waals surface area (Å²) in [6.45, 7) is 4.62. The Hall–Kier alpha value is -2.96. The summed E-state index contributed by atoms with van der Waals surface area (Å²) in [5.74, 6) is -0.268. The second kappa shape index (κ2) is 8.52. The number of nitrogens with zero attached hydrogens (tertiary/aromatic N) is 3. The molecule has 0 atom stereocenters. The molecule has 5 rings (SSSR count). The van der Waals surface area contributed by atoms with Gasteiger partial charge in [-0.2, -0.15) is 0 Å². The van der Waals surface area contributed by atoms with E-state index >= 15 is 0 Å². The Morgan fingerprint density at radius 2 is 1.75 bits per heavy atom. The molecule has 0 N–H and O–H groups in total. The minimum Gasteiger partial charge on any atom is -0.368 e. The van der Waals surface area contributed by atoms with Crippen molar-refractivity contribution in [3.05, 3.63) is 81.9 Å². The SMILES string of the molecule is Cc1ccc(-c2cc(C(=O)N3CCN(c4ccc(F)cc4)CC3)c3cc(Cl)ccc3n2)s1. The number of benzene rings is 2. The third-order valence-electron chi connectivity index (χ3n) is 5.75. The van der Waals surface area contributed by atoms with Crippen LogP contribution in [0, 0.1) is 12.7 Å². The van der Waals surface area contributed by atoms with Gasteiger partial charge in [-0.1, -0.05) is 11.6 Å². The smallest absolute Gasteiger partial charge is 0.254 e. The normalized spacial score (nSPS) is 14.2. The quantitative estimate of drug-likeness (QED) is 0.371. The predicted octanol–water partition coefficient (Wildman–Crippen LogP) is 6.03. The molecule has 1 saturated heterocycles. The maximum absolute atomic E-state index is 13.6. The summed E-state index contributed by atoms with van der Waals surface area (Å²) < 4.78 is 13.2. The summed E-state index contributed by atoms with van der Waals surface area (Å²) in [6, 6.07) is 18.0. The van der Waals surface area contributed by atoms with Crippen molar-refractivity contribution in [2.45, 2.75) is 6.92 Å². The molecule has 2 aromatic heterocycles. The van der Waals surface area contributed by atoms with Crippen molar-refractivity contribution in [1.82, 2.24) is 9.88 Å². The van der Waals surface area contributed by atoms with E-state index in [1.807, 2.05) is 29.2 Å². The molecule has 1 aliphatic rings. The number of anilines is 1. The van der Waals surface area contributed by atoms with Crippen LogP contribution in [0.1, 0.15) is 15.2 Å². The van der Waals surface area contributed by atoms with E-state index < -0.39 is 0 Å². The Morgan fingerprint density at radius 3 is 2.44 bits per heavy atom. The number of hydrogen-bond donors (Lipinski definition) is 0. The molecular formula is C25H21ClFN3OS. The number of aromatic nitrogens is 1. The van der Waals surface area contributed by atoms with E-state index in [1.165, 1.54) is 17.0 Å². The minimum atomic E-state index is -0.248. The van der Waals surface area contributed by atoms with Crippen LogP contribution in [0.2, 0.25) is 5.02 Å². The van der Waals surface area contributed by atoms with Crippen molar-refractivity contribution in [2.75, 3.05) is 31.1 Å². The van der Waals surface area contributed by atoms with E-state index in [9.17, 15) is 9.18 Å². The molecule has 1 amide bonds. The molecule has 0 spiro atoms. The van der Waals surface area contributed by atoms with Gasteiger partial charge in [-0.05, 0) is 67.6 Å². The number of pyridine rings is 1. The lowest BCUT2D eigenvalue weighted by Gasteiger charge is -2.36. The summed E-state index contributed by atoms with van der Waals surface area (Å²) in [7, 11) is 0. The van der Waals surface area contributed by atoms with Gasteiger partial charge < -0.3 is 9.80 Å². The van der Waals surface area contributed by atoms with Gasteiger partial charge in [0, 0.05) is 47.2 Å². The average molecular weight is 466 g/mol. The van der Waals surface area contributed by atoms with E-state index in [0.29, 0.717) is 36.8 Å². The highest BCUT2D eigenvalue weighted by Crippen LogP contribution is 2.31. The fraction of sp³-hybridized carbons (Fsp3) is 0.200. The van der Waals surface area contributed by atoms with E-state index in [0.717, 1.165) is 27.2 Å². The van der Waals surface area contributed by atoms with Crippen LogP contribution in [0.3, 0.4) is 0 Å². The molecule has 162 valence electrons. The Morgan fingerprint density at radius 1 is 1.00 bits per heavy atom. The van der Waals surface area contributed by atoms with Gasteiger partial charge in [0.1, 0.15) is 5.82 Å². The third kappa shape index (κ3) is 4.08. The van der Waals surface area contributed by atoms with Crippen LogP contribution in [0.15, 0.2) is 60.7 Å². The van der Waals surface area contributed by atoms with Crippen molar-refractivity contribution in [2.24, 2.45) is 0 Å². The summed E-state index contributed by atoms with van der Waals surface area (Å²) in [5.41, 5.74) is 3.14. The first kappa shape index (κ1) is 20.9. The van der Waals surface area contributed by atoms with Crippen molar-refractivity contribution in [3.8, 4) is 10.6 Å². The molecule has 32 heavy (non-hydrogen) atoms. The van der Waals surface area contributed by atoms with Crippen LogP contribution in [-0.2, 0) is 0 Å². The Bertz CT molecular complexity index is 1300. The van der Waals surface area contributed by atoms with Crippen LogP contribution in [0.4, 0.5) is 10.1 Å². The van der Waals surface area contributed by atoms with Crippen LogP contribution >= 0.6 is 22.9 Å². The van der Waals surface area contributed by atoms with Gasteiger partial charge in [0.15, 0.2) is 0 Å². The van der Waals surface area contributed by atoms with Crippen molar-refractivity contribution in [1.29, 1.82) is 0 Å². The number of fused-ring (bicyclic) bond motifs is 1. The molecule has 1 fully saturated rings. The zero-order chi connectivity index (χ0) is 22.2. The molecule has 0 unspecified atom stereocenters. The maximum Gasteiger partial charge on any atom is 0.254 e. The van der Waals surface area contributed by atoms with E-state index in [2.05, 4.69) is 17.9 Å². The standard InChI is InChI=1S/C25H21ClFN3OS/c1-16-2-9-24(32-16)23-15-21(20-14-17(26)3-8-22(20)28-23)25(31)30-12-10-29(11-13-30)19-6-4-18(27)5-7-19/h2-9,14-15H,10-13H2,1H3. The highest BCUT2D eigenvalue weighted by atomic mass is 35.5. The van der Waals surface area contributed by atoms with Crippen LogP contribution < -0.4 is 4.90 Å². The lowest BCUT2D eigenvalue weighted by molar-refractivity contribution is 0.0748. The molecule has 0 radical (unpaired) electrons. The Labute approximate surface area is 194 Å². The monoisotopic (exact) mass is 465 g/mol. The second-order valence-corrected chi connectivity index (χ2v) is 9.61. The zero-order valence-corrected chi connectivity index (χ0v) is 19.1. The van der Waals surface area contributed by atoms with E-state index in [4.69, 9.17) is 16.6 Å². The van der Waals surface area contributed by atoms with Crippen molar-refractivity contribution >= 4 is 45.4 Å². The lowest BCUT2D eigenvalue weighted by Crippen LogP contribution is -2.48. The number of rotatable bonds is 3. The van der Waals surface area contributed by atoms with Crippen LogP contribution in [0.5, 0.6) is 0 Å².